The molecule has 0 radical (unpaired) electrons. The lowest BCUT2D eigenvalue weighted by atomic mass is 9.96. The Hall–Kier alpha value is -0.430. The van der Waals surface area contributed by atoms with Gasteiger partial charge in [-0.2, -0.15) is 0 Å². The van der Waals surface area contributed by atoms with E-state index >= 15 is 0 Å². The lowest BCUT2D eigenvalue weighted by molar-refractivity contribution is 0.172. The van der Waals surface area contributed by atoms with Crippen molar-refractivity contribution >= 4 is 28.4 Å². The second kappa shape index (κ2) is 5.48. The number of rotatable bonds is 4. The molecule has 0 saturated heterocycles. The molecule has 0 aromatic carbocycles. The average molecular weight is 346 g/mol. The lowest BCUT2D eigenvalue weighted by Gasteiger charge is -2.36. The number of aromatic nitrogens is 2. The zero-order valence-electron chi connectivity index (χ0n) is 10.4. The highest BCUT2D eigenvalue weighted by atomic mass is 127. The Labute approximate surface area is 116 Å². The fourth-order valence-electron chi connectivity index (χ4n) is 2.51. The van der Waals surface area contributed by atoms with Crippen molar-refractivity contribution in [1.82, 2.24) is 14.9 Å². The number of nitrogens with zero attached hydrogens (tertiary/aromatic N) is 3. The molecule has 0 bridgehead atoms. The molecule has 0 aliphatic heterocycles. The maximum absolute atomic E-state index is 4.28. The number of nitrogens with one attached hydrogen (secondary N) is 1. The molecular formula is C12H19IN4. The monoisotopic (exact) mass is 346 g/mol. The summed E-state index contributed by atoms with van der Waals surface area (Å²) in [6, 6.07) is 0. The van der Waals surface area contributed by atoms with Crippen molar-refractivity contribution in [3.05, 3.63) is 16.1 Å². The summed E-state index contributed by atoms with van der Waals surface area (Å²) in [7, 11) is 4.36. The van der Waals surface area contributed by atoms with Gasteiger partial charge in [0.25, 0.3) is 0 Å². The van der Waals surface area contributed by atoms with Crippen molar-refractivity contribution in [3.8, 4) is 0 Å². The topological polar surface area (TPSA) is 41.0 Å². The maximum atomic E-state index is 4.28. The number of hydrogen-bond acceptors (Lipinski definition) is 4. The molecular weight excluding hydrogens is 327 g/mol. The lowest BCUT2D eigenvalue weighted by Crippen LogP contribution is -2.47. The maximum Gasteiger partial charge on any atom is 0.142 e. The predicted octanol–water partition coefficient (Wildman–Crippen LogP) is 2.37. The first-order valence-electron chi connectivity index (χ1n) is 6.01. The molecule has 1 heterocycles. The van der Waals surface area contributed by atoms with E-state index in [2.05, 4.69) is 56.9 Å². The number of halogens is 1. The molecule has 94 valence electrons. The molecule has 0 atom stereocenters. The summed E-state index contributed by atoms with van der Waals surface area (Å²) in [5.74, 6) is 0.953. The third-order valence-corrected chi connectivity index (χ3v) is 4.52. The Balaban J connectivity index is 2.03. The second-order valence-corrected chi connectivity index (χ2v) is 6.06. The van der Waals surface area contributed by atoms with Crippen molar-refractivity contribution in [1.29, 1.82) is 0 Å². The van der Waals surface area contributed by atoms with Gasteiger partial charge >= 0.3 is 0 Å². The van der Waals surface area contributed by atoms with Gasteiger partial charge in [-0.05, 0) is 49.5 Å². The molecule has 0 amide bonds. The van der Waals surface area contributed by atoms with Gasteiger partial charge < -0.3 is 10.2 Å². The minimum absolute atomic E-state index is 0.300. The van der Waals surface area contributed by atoms with Gasteiger partial charge in [0, 0.05) is 18.3 Å². The van der Waals surface area contributed by atoms with E-state index < -0.39 is 0 Å². The fraction of sp³-hybridized carbons (Fsp3) is 0.667. The molecule has 1 aliphatic rings. The quantitative estimate of drug-likeness (QED) is 0.850. The molecule has 1 fully saturated rings. The first-order chi connectivity index (χ1) is 8.14. The van der Waals surface area contributed by atoms with E-state index in [1.54, 1.807) is 6.33 Å². The normalized spacial score (nSPS) is 18.6. The van der Waals surface area contributed by atoms with Crippen LogP contribution in [0.2, 0.25) is 0 Å². The van der Waals surface area contributed by atoms with Gasteiger partial charge in [-0.3, -0.25) is 0 Å². The number of likely N-dealkylation sites (N-methyl/N-ethyl adjacent to an activating group) is 1. The zero-order valence-corrected chi connectivity index (χ0v) is 12.6. The van der Waals surface area contributed by atoms with Gasteiger partial charge in [0.2, 0.25) is 0 Å². The number of hydrogen-bond donors (Lipinski definition) is 1. The minimum Gasteiger partial charge on any atom is -0.367 e. The first kappa shape index (κ1) is 13.0. The van der Waals surface area contributed by atoms with E-state index in [0.717, 1.165) is 15.9 Å². The van der Waals surface area contributed by atoms with Gasteiger partial charge in [0.15, 0.2) is 0 Å². The highest BCUT2D eigenvalue weighted by Crippen LogP contribution is 2.34. The summed E-state index contributed by atoms with van der Waals surface area (Å²) in [5.41, 5.74) is 0.300. The largest absolute Gasteiger partial charge is 0.367 e. The highest BCUT2D eigenvalue weighted by Gasteiger charge is 2.35. The van der Waals surface area contributed by atoms with Crippen LogP contribution in [0.15, 0.2) is 12.5 Å². The Morgan fingerprint density at radius 3 is 2.71 bits per heavy atom. The summed E-state index contributed by atoms with van der Waals surface area (Å²) >= 11 is 2.27. The molecule has 17 heavy (non-hydrogen) atoms. The molecule has 5 heteroatoms. The summed E-state index contributed by atoms with van der Waals surface area (Å²) in [4.78, 5) is 10.7. The molecule has 4 nitrogen and oxygen atoms in total. The third-order valence-electron chi connectivity index (χ3n) is 3.74. The standard InChI is InChI=1S/C12H19IN4/c1-17(2)12(5-3-4-6-12)8-15-11-10(13)7-14-9-16-11/h7,9H,3-6,8H2,1-2H3,(H,14,15,16). The summed E-state index contributed by atoms with van der Waals surface area (Å²) in [5, 5.41) is 3.48. The average Bonchev–Trinajstić information content (AvgIpc) is 2.78. The van der Waals surface area contributed by atoms with Crippen LogP contribution in [0, 0.1) is 3.57 Å². The van der Waals surface area contributed by atoms with Crippen molar-refractivity contribution in [3.63, 3.8) is 0 Å². The van der Waals surface area contributed by atoms with Crippen molar-refractivity contribution in [2.24, 2.45) is 0 Å². The molecule has 1 N–H and O–H groups in total. The highest BCUT2D eigenvalue weighted by molar-refractivity contribution is 14.1. The molecule has 0 spiro atoms. The van der Waals surface area contributed by atoms with Crippen LogP contribution in [0.25, 0.3) is 0 Å². The summed E-state index contributed by atoms with van der Waals surface area (Å²) in [6.07, 6.45) is 8.65. The molecule has 1 aliphatic carbocycles. The van der Waals surface area contributed by atoms with Gasteiger partial charge in [-0.1, -0.05) is 12.8 Å². The smallest absolute Gasteiger partial charge is 0.142 e. The van der Waals surface area contributed by atoms with Crippen LogP contribution in [-0.2, 0) is 0 Å². The van der Waals surface area contributed by atoms with Crippen molar-refractivity contribution in [2.75, 3.05) is 26.0 Å². The van der Waals surface area contributed by atoms with Crippen LogP contribution in [0.5, 0.6) is 0 Å². The predicted molar refractivity (Wildman–Crippen MR) is 78.1 cm³/mol. The van der Waals surface area contributed by atoms with Crippen LogP contribution in [0.4, 0.5) is 5.82 Å². The molecule has 1 aromatic heterocycles. The van der Waals surface area contributed by atoms with Crippen molar-refractivity contribution < 1.29 is 0 Å². The number of anilines is 1. The molecule has 1 aromatic rings. The van der Waals surface area contributed by atoms with E-state index in [1.807, 2.05) is 6.20 Å². The first-order valence-corrected chi connectivity index (χ1v) is 7.09. The third kappa shape index (κ3) is 2.88. The van der Waals surface area contributed by atoms with E-state index in [4.69, 9.17) is 0 Å². The van der Waals surface area contributed by atoms with E-state index in [1.165, 1.54) is 25.7 Å². The van der Waals surface area contributed by atoms with Gasteiger partial charge in [-0.25, -0.2) is 9.97 Å². The van der Waals surface area contributed by atoms with Gasteiger partial charge in [0.1, 0.15) is 12.1 Å². The van der Waals surface area contributed by atoms with Crippen LogP contribution in [0.1, 0.15) is 25.7 Å². The second-order valence-electron chi connectivity index (χ2n) is 4.90. The van der Waals surface area contributed by atoms with Gasteiger partial charge in [-0.15, -0.1) is 0 Å². The van der Waals surface area contributed by atoms with Crippen LogP contribution in [0.3, 0.4) is 0 Å². The van der Waals surface area contributed by atoms with E-state index in [-0.39, 0.29) is 0 Å². The molecule has 2 rings (SSSR count). The molecule has 1 saturated carbocycles. The summed E-state index contributed by atoms with van der Waals surface area (Å²) in [6.45, 7) is 0.965. The summed E-state index contributed by atoms with van der Waals surface area (Å²) < 4.78 is 1.08. The molecule has 0 unspecified atom stereocenters. The van der Waals surface area contributed by atoms with Crippen molar-refractivity contribution in [2.45, 2.75) is 31.2 Å². The van der Waals surface area contributed by atoms with Crippen LogP contribution < -0.4 is 5.32 Å². The minimum atomic E-state index is 0.300. The zero-order chi connectivity index (χ0) is 12.3. The van der Waals surface area contributed by atoms with E-state index in [0.29, 0.717) is 5.54 Å². The Bertz CT molecular complexity index is 375. The SMILES string of the molecule is CN(C)C1(CNc2ncncc2I)CCCC1. The van der Waals surface area contributed by atoms with Crippen LogP contribution in [-0.4, -0.2) is 41.0 Å². The van der Waals surface area contributed by atoms with E-state index in [9.17, 15) is 0 Å². The van der Waals surface area contributed by atoms with Crippen LogP contribution >= 0.6 is 22.6 Å². The van der Waals surface area contributed by atoms with Gasteiger partial charge in [0.05, 0.1) is 3.57 Å². The Morgan fingerprint density at radius 1 is 1.41 bits per heavy atom. The fourth-order valence-corrected chi connectivity index (χ4v) is 3.00. The Kier molecular flexibility index (Phi) is 4.19. The Morgan fingerprint density at radius 2 is 2.12 bits per heavy atom.